The number of likely N-dealkylation sites (tertiary alicyclic amines) is 1. The largest absolute Gasteiger partial charge is 0.375 e. The van der Waals surface area contributed by atoms with E-state index in [1.165, 1.54) is 12.0 Å². The Morgan fingerprint density at radius 3 is 3.03 bits per heavy atom. The molecule has 148 valence electrons. The third-order valence-corrected chi connectivity index (χ3v) is 5.76. The normalized spacial score (nSPS) is 16.6. The third kappa shape index (κ3) is 5.18. The lowest BCUT2D eigenvalue weighted by atomic mass is 10.2. The molecule has 0 aliphatic carbocycles. The van der Waals surface area contributed by atoms with Crippen LogP contribution >= 0.6 is 11.3 Å². The van der Waals surface area contributed by atoms with Crippen molar-refractivity contribution in [3.05, 3.63) is 70.9 Å². The molecule has 0 bridgehead atoms. The number of pyridine rings is 1. The fraction of sp³-hybridized carbons (Fsp3) is 0.318. The average Bonchev–Trinajstić information content (AvgIpc) is 3.41. The number of hydrogen-bond donors (Lipinski definition) is 1. The summed E-state index contributed by atoms with van der Waals surface area (Å²) in [6.07, 6.45) is 3.92. The Kier molecular flexibility index (Phi) is 6.47. The number of aromatic nitrogens is 2. The second-order valence-corrected chi connectivity index (χ2v) is 7.83. The van der Waals surface area contributed by atoms with Gasteiger partial charge in [-0.1, -0.05) is 30.3 Å². The monoisotopic (exact) mass is 405 g/mol. The van der Waals surface area contributed by atoms with E-state index in [4.69, 9.17) is 15.0 Å². The Morgan fingerprint density at radius 2 is 2.17 bits per heavy atom. The molecular weight excluding hydrogens is 382 g/mol. The highest BCUT2D eigenvalue weighted by Gasteiger charge is 2.27. The van der Waals surface area contributed by atoms with E-state index < -0.39 is 0 Å². The van der Waals surface area contributed by atoms with Gasteiger partial charge in [0.15, 0.2) is 5.13 Å². The van der Waals surface area contributed by atoms with E-state index in [1.54, 1.807) is 29.7 Å². The predicted octanol–water partition coefficient (Wildman–Crippen LogP) is 4.51. The van der Waals surface area contributed by atoms with Gasteiger partial charge in [-0.2, -0.15) is 5.26 Å². The molecule has 6 nitrogen and oxygen atoms in total. The molecule has 29 heavy (non-hydrogen) atoms. The van der Waals surface area contributed by atoms with Gasteiger partial charge in [-0.3, -0.25) is 4.90 Å². The van der Waals surface area contributed by atoms with Gasteiger partial charge in [-0.15, -0.1) is 11.3 Å². The van der Waals surface area contributed by atoms with Crippen LogP contribution in [0.4, 0.5) is 10.9 Å². The maximum atomic E-state index is 9.02. The summed E-state index contributed by atoms with van der Waals surface area (Å²) in [4.78, 5) is 11.5. The molecular formula is C22H23N5OS. The predicted molar refractivity (Wildman–Crippen MR) is 114 cm³/mol. The van der Waals surface area contributed by atoms with E-state index in [0.29, 0.717) is 30.6 Å². The highest BCUT2D eigenvalue weighted by molar-refractivity contribution is 7.13. The van der Waals surface area contributed by atoms with Crippen molar-refractivity contribution in [2.24, 2.45) is 0 Å². The standard InChI is InChI=1S/C22H23N5OS/c23-14-18-8-9-24-21(13-18)26-22-25-19(16-29-22)20-7-4-10-27(20)11-12-28-15-17-5-2-1-3-6-17/h1-3,5-6,8-9,13,16,20H,4,7,10-12,15H2,(H,24,25,26)/t20-/m0/s1. The molecule has 1 aromatic carbocycles. The van der Waals surface area contributed by atoms with E-state index in [0.717, 1.165) is 30.3 Å². The van der Waals surface area contributed by atoms with Gasteiger partial charge in [-0.25, -0.2) is 9.97 Å². The SMILES string of the molecule is N#Cc1ccnc(Nc2nc([C@@H]3CCCN3CCOCc3ccccc3)cs2)c1. The van der Waals surface area contributed by atoms with Crippen LogP contribution in [0.25, 0.3) is 0 Å². The molecule has 1 N–H and O–H groups in total. The van der Waals surface area contributed by atoms with Crippen molar-refractivity contribution in [1.82, 2.24) is 14.9 Å². The molecule has 1 saturated heterocycles. The number of rotatable bonds is 8. The average molecular weight is 406 g/mol. The second-order valence-electron chi connectivity index (χ2n) is 6.98. The number of nitrogens with zero attached hydrogens (tertiary/aromatic N) is 4. The Balaban J connectivity index is 1.31. The number of anilines is 2. The van der Waals surface area contributed by atoms with Crippen LogP contribution in [-0.4, -0.2) is 34.6 Å². The lowest BCUT2D eigenvalue weighted by Gasteiger charge is -2.22. The Bertz CT molecular complexity index is 969. The minimum absolute atomic E-state index is 0.334. The van der Waals surface area contributed by atoms with Crippen molar-refractivity contribution in [2.45, 2.75) is 25.5 Å². The first-order chi connectivity index (χ1) is 14.3. The molecule has 0 unspecified atom stereocenters. The summed E-state index contributed by atoms with van der Waals surface area (Å²) in [5.41, 5.74) is 2.88. The third-order valence-electron chi connectivity index (χ3n) is 4.99. The minimum atomic E-state index is 0.334. The molecule has 1 atom stereocenters. The zero-order valence-electron chi connectivity index (χ0n) is 16.1. The molecule has 2 aromatic heterocycles. The number of nitrogens with one attached hydrogen (secondary N) is 1. The molecule has 0 radical (unpaired) electrons. The van der Waals surface area contributed by atoms with Crippen LogP contribution < -0.4 is 5.32 Å². The molecule has 1 fully saturated rings. The Labute approximate surface area is 174 Å². The zero-order valence-corrected chi connectivity index (χ0v) is 16.9. The van der Waals surface area contributed by atoms with Gasteiger partial charge in [0, 0.05) is 18.1 Å². The van der Waals surface area contributed by atoms with Crippen molar-refractivity contribution in [1.29, 1.82) is 5.26 Å². The summed E-state index contributed by atoms with van der Waals surface area (Å²) in [5, 5.41) is 15.1. The van der Waals surface area contributed by atoms with E-state index in [-0.39, 0.29) is 0 Å². The summed E-state index contributed by atoms with van der Waals surface area (Å²) in [6, 6.07) is 16.1. The number of ether oxygens (including phenoxy) is 1. The van der Waals surface area contributed by atoms with Crippen molar-refractivity contribution in [3.63, 3.8) is 0 Å². The van der Waals surface area contributed by atoms with Crippen LogP contribution in [0.2, 0.25) is 0 Å². The van der Waals surface area contributed by atoms with Crippen molar-refractivity contribution >= 4 is 22.3 Å². The van der Waals surface area contributed by atoms with Crippen LogP contribution in [-0.2, 0) is 11.3 Å². The lowest BCUT2D eigenvalue weighted by Crippen LogP contribution is -2.27. The molecule has 4 rings (SSSR count). The molecule has 1 aliphatic heterocycles. The van der Waals surface area contributed by atoms with E-state index in [2.05, 4.69) is 38.8 Å². The van der Waals surface area contributed by atoms with E-state index >= 15 is 0 Å². The summed E-state index contributed by atoms with van der Waals surface area (Å²) in [5.74, 6) is 0.641. The van der Waals surface area contributed by atoms with E-state index in [9.17, 15) is 0 Å². The first-order valence-electron chi connectivity index (χ1n) is 9.76. The molecule has 7 heteroatoms. The van der Waals surface area contributed by atoms with Crippen LogP contribution in [0, 0.1) is 11.3 Å². The fourth-order valence-corrected chi connectivity index (χ4v) is 4.31. The fourth-order valence-electron chi connectivity index (χ4n) is 3.55. The summed E-state index contributed by atoms with van der Waals surface area (Å²) >= 11 is 1.57. The molecule has 0 amide bonds. The van der Waals surface area contributed by atoms with E-state index in [1.807, 2.05) is 18.2 Å². The van der Waals surface area contributed by atoms with Gasteiger partial charge in [0.2, 0.25) is 0 Å². The lowest BCUT2D eigenvalue weighted by molar-refractivity contribution is 0.0883. The Hall–Kier alpha value is -2.79. The maximum Gasteiger partial charge on any atom is 0.188 e. The zero-order chi connectivity index (χ0) is 19.9. The molecule has 0 saturated carbocycles. The van der Waals surface area contributed by atoms with Gasteiger partial charge < -0.3 is 10.1 Å². The van der Waals surface area contributed by atoms with Crippen molar-refractivity contribution < 1.29 is 4.74 Å². The second kappa shape index (κ2) is 9.61. The van der Waals surface area contributed by atoms with Crippen LogP contribution in [0.15, 0.2) is 54.0 Å². The molecule has 3 aromatic rings. The minimum Gasteiger partial charge on any atom is -0.375 e. The van der Waals surface area contributed by atoms with Crippen molar-refractivity contribution in [3.8, 4) is 6.07 Å². The van der Waals surface area contributed by atoms with Crippen LogP contribution in [0.1, 0.15) is 35.7 Å². The number of hydrogen-bond acceptors (Lipinski definition) is 7. The first-order valence-corrected chi connectivity index (χ1v) is 10.6. The summed E-state index contributed by atoms with van der Waals surface area (Å²) in [7, 11) is 0. The number of nitriles is 1. The van der Waals surface area contributed by atoms with Gasteiger partial charge in [0.1, 0.15) is 5.82 Å². The summed E-state index contributed by atoms with van der Waals surface area (Å²) < 4.78 is 5.87. The van der Waals surface area contributed by atoms with Gasteiger partial charge in [0.25, 0.3) is 0 Å². The topological polar surface area (TPSA) is 74.1 Å². The first kappa shape index (κ1) is 19.5. The molecule has 0 spiro atoms. The molecule has 3 heterocycles. The van der Waals surface area contributed by atoms with Gasteiger partial charge in [0.05, 0.1) is 36.6 Å². The molecule has 1 aliphatic rings. The summed E-state index contributed by atoms with van der Waals surface area (Å²) in [6.45, 7) is 3.35. The number of benzene rings is 1. The highest BCUT2D eigenvalue weighted by atomic mass is 32.1. The Morgan fingerprint density at radius 1 is 1.28 bits per heavy atom. The quantitative estimate of drug-likeness (QED) is 0.556. The van der Waals surface area contributed by atoms with Gasteiger partial charge >= 0.3 is 0 Å². The smallest absolute Gasteiger partial charge is 0.188 e. The van der Waals surface area contributed by atoms with Crippen LogP contribution in [0.5, 0.6) is 0 Å². The van der Waals surface area contributed by atoms with Crippen molar-refractivity contribution in [2.75, 3.05) is 25.0 Å². The van der Waals surface area contributed by atoms with Crippen LogP contribution in [0.3, 0.4) is 0 Å². The number of thiazole rings is 1. The highest BCUT2D eigenvalue weighted by Crippen LogP contribution is 2.33. The maximum absolute atomic E-state index is 9.02. The van der Waals surface area contributed by atoms with Gasteiger partial charge in [-0.05, 0) is 37.1 Å².